The van der Waals surface area contributed by atoms with Crippen molar-refractivity contribution >= 4 is 33.9 Å². The van der Waals surface area contributed by atoms with Crippen molar-refractivity contribution in [1.82, 2.24) is 19.6 Å². The molecule has 3 aromatic heterocycles. The van der Waals surface area contributed by atoms with E-state index in [1.165, 1.54) is 17.5 Å². The monoisotopic (exact) mass is 290 g/mol. The fraction of sp³-hybridized carbons (Fsp3) is 0.0909. The van der Waals surface area contributed by atoms with Crippen LogP contribution in [-0.4, -0.2) is 31.4 Å². The second kappa shape index (κ2) is 4.78. The van der Waals surface area contributed by atoms with Crippen LogP contribution in [0.4, 0.5) is 5.82 Å². The number of thiazole rings is 1. The predicted octanol–water partition coefficient (Wildman–Crippen LogP) is 0.399. The lowest BCUT2D eigenvalue weighted by Gasteiger charge is -2.02. The van der Waals surface area contributed by atoms with Gasteiger partial charge in [-0.15, -0.1) is 11.3 Å². The summed E-state index contributed by atoms with van der Waals surface area (Å²) in [5, 5.41) is 10.7. The van der Waals surface area contributed by atoms with Crippen LogP contribution in [0.15, 0.2) is 24.0 Å². The van der Waals surface area contributed by atoms with Gasteiger partial charge in [0.05, 0.1) is 18.3 Å². The number of nitrogens with zero attached hydrogens (tertiary/aromatic N) is 3. The van der Waals surface area contributed by atoms with Crippen LogP contribution in [0.2, 0.25) is 0 Å². The molecule has 0 saturated heterocycles. The summed E-state index contributed by atoms with van der Waals surface area (Å²) in [6, 6.07) is 0. The molecule has 102 valence electrons. The number of rotatable bonds is 4. The molecular formula is C11H10N6O2S. The van der Waals surface area contributed by atoms with Crippen LogP contribution >= 0.6 is 11.3 Å². The number of fused-ring (bicyclic) bond motifs is 1. The number of carbonyl (C=O) groups is 2. The molecule has 0 fully saturated rings. The van der Waals surface area contributed by atoms with Crippen LogP contribution in [0.1, 0.15) is 16.1 Å². The van der Waals surface area contributed by atoms with Gasteiger partial charge in [-0.25, -0.2) is 4.98 Å². The molecule has 8 nitrogen and oxygen atoms in total. The quantitative estimate of drug-likeness (QED) is 0.644. The van der Waals surface area contributed by atoms with E-state index in [4.69, 9.17) is 5.73 Å². The maximum atomic E-state index is 11.9. The Morgan fingerprint density at radius 1 is 1.50 bits per heavy atom. The third kappa shape index (κ3) is 2.26. The van der Waals surface area contributed by atoms with E-state index in [9.17, 15) is 9.59 Å². The minimum absolute atomic E-state index is 0.103. The zero-order chi connectivity index (χ0) is 14.1. The minimum atomic E-state index is -0.656. The molecule has 0 bridgehead atoms. The van der Waals surface area contributed by atoms with Crippen LogP contribution in [-0.2, 0) is 11.2 Å². The van der Waals surface area contributed by atoms with Gasteiger partial charge in [0.1, 0.15) is 11.4 Å². The number of primary amides is 1. The lowest BCUT2D eigenvalue weighted by atomic mass is 10.3. The first-order valence-corrected chi connectivity index (χ1v) is 6.55. The van der Waals surface area contributed by atoms with Crippen molar-refractivity contribution in [2.45, 2.75) is 6.42 Å². The summed E-state index contributed by atoms with van der Waals surface area (Å²) in [7, 11) is 0. The fourth-order valence-electron chi connectivity index (χ4n) is 1.78. The molecule has 3 rings (SSSR count). The van der Waals surface area contributed by atoms with Gasteiger partial charge in [-0.2, -0.15) is 5.10 Å². The predicted molar refractivity (Wildman–Crippen MR) is 72.5 cm³/mol. The summed E-state index contributed by atoms with van der Waals surface area (Å²) in [4.78, 5) is 28.1. The molecule has 3 heterocycles. The van der Waals surface area contributed by atoms with E-state index < -0.39 is 5.91 Å². The molecule has 20 heavy (non-hydrogen) atoms. The van der Waals surface area contributed by atoms with Crippen LogP contribution < -0.4 is 11.1 Å². The maximum absolute atomic E-state index is 11.9. The average molecular weight is 290 g/mol. The van der Waals surface area contributed by atoms with E-state index in [1.807, 2.05) is 16.0 Å². The van der Waals surface area contributed by atoms with Gasteiger partial charge in [-0.05, 0) is 0 Å². The summed E-state index contributed by atoms with van der Waals surface area (Å²) in [5.74, 6) is -0.762. The van der Waals surface area contributed by atoms with Gasteiger partial charge in [0.25, 0.3) is 5.91 Å². The largest absolute Gasteiger partial charge is 0.365 e. The van der Waals surface area contributed by atoms with Gasteiger partial charge < -0.3 is 11.1 Å². The van der Waals surface area contributed by atoms with Crippen molar-refractivity contribution < 1.29 is 9.59 Å². The Morgan fingerprint density at radius 3 is 3.10 bits per heavy atom. The molecule has 0 radical (unpaired) electrons. The van der Waals surface area contributed by atoms with E-state index in [-0.39, 0.29) is 23.7 Å². The maximum Gasteiger partial charge on any atom is 0.254 e. The Labute approximate surface area is 116 Å². The number of hydrogen-bond donors (Lipinski definition) is 3. The normalized spacial score (nSPS) is 10.8. The highest BCUT2D eigenvalue weighted by Gasteiger charge is 2.14. The highest BCUT2D eigenvalue weighted by Crippen LogP contribution is 2.13. The third-order valence-electron chi connectivity index (χ3n) is 2.65. The van der Waals surface area contributed by atoms with Crippen molar-refractivity contribution in [1.29, 1.82) is 0 Å². The Bertz CT molecular complexity index is 757. The Kier molecular flexibility index (Phi) is 2.95. The minimum Gasteiger partial charge on any atom is -0.365 e. The first kappa shape index (κ1) is 12.4. The van der Waals surface area contributed by atoms with Gasteiger partial charge in [0.2, 0.25) is 5.91 Å². The summed E-state index contributed by atoms with van der Waals surface area (Å²) >= 11 is 1.49. The Hall–Kier alpha value is -2.68. The average Bonchev–Trinajstić information content (AvgIpc) is 3.03. The molecule has 0 aliphatic carbocycles. The molecular weight excluding hydrogens is 280 g/mol. The Balaban J connectivity index is 1.72. The summed E-state index contributed by atoms with van der Waals surface area (Å²) in [5.41, 5.74) is 5.95. The number of amides is 2. The number of hydrogen-bond acceptors (Lipinski definition) is 5. The van der Waals surface area contributed by atoms with E-state index in [0.717, 1.165) is 4.96 Å². The number of nitrogens with one attached hydrogen (secondary N) is 2. The van der Waals surface area contributed by atoms with Gasteiger partial charge in [-0.1, -0.05) is 0 Å². The molecule has 3 aromatic rings. The van der Waals surface area contributed by atoms with E-state index in [0.29, 0.717) is 5.69 Å². The van der Waals surface area contributed by atoms with Crippen LogP contribution in [0.3, 0.4) is 0 Å². The van der Waals surface area contributed by atoms with Gasteiger partial charge in [0, 0.05) is 17.8 Å². The van der Waals surface area contributed by atoms with Crippen molar-refractivity contribution in [3.63, 3.8) is 0 Å². The molecule has 0 aliphatic heterocycles. The number of H-pyrrole nitrogens is 1. The smallest absolute Gasteiger partial charge is 0.254 e. The Morgan fingerprint density at radius 2 is 2.35 bits per heavy atom. The third-order valence-corrected chi connectivity index (χ3v) is 3.42. The number of imidazole rings is 1. The zero-order valence-electron chi connectivity index (χ0n) is 10.2. The molecule has 0 aromatic carbocycles. The number of anilines is 1. The number of carbonyl (C=O) groups excluding carboxylic acids is 2. The van der Waals surface area contributed by atoms with Crippen molar-refractivity contribution in [2.24, 2.45) is 5.73 Å². The van der Waals surface area contributed by atoms with E-state index >= 15 is 0 Å². The second-order valence-corrected chi connectivity index (χ2v) is 4.95. The van der Waals surface area contributed by atoms with Gasteiger partial charge in [-0.3, -0.25) is 19.1 Å². The van der Waals surface area contributed by atoms with Crippen molar-refractivity contribution in [2.75, 3.05) is 5.32 Å². The first-order chi connectivity index (χ1) is 9.63. The molecule has 0 atom stereocenters. The molecule has 0 unspecified atom stereocenters. The van der Waals surface area contributed by atoms with Crippen molar-refractivity contribution in [3.05, 3.63) is 35.2 Å². The number of aromatic nitrogens is 4. The van der Waals surface area contributed by atoms with Gasteiger partial charge >= 0.3 is 0 Å². The first-order valence-electron chi connectivity index (χ1n) is 5.67. The zero-order valence-corrected chi connectivity index (χ0v) is 11.0. The highest BCUT2D eigenvalue weighted by atomic mass is 32.1. The number of nitrogens with two attached hydrogens (primary N) is 1. The topological polar surface area (TPSA) is 118 Å². The van der Waals surface area contributed by atoms with Gasteiger partial charge in [0.15, 0.2) is 4.96 Å². The van der Waals surface area contributed by atoms with Crippen LogP contribution in [0, 0.1) is 0 Å². The highest BCUT2D eigenvalue weighted by molar-refractivity contribution is 7.15. The standard InChI is InChI=1S/C11H10N6O2S/c12-9(19)7-4-13-16-10(7)15-8(18)3-6-5-17-1-2-20-11(17)14-6/h1-2,4-5H,3H2,(H2,12,19)(H2,13,15,16,18). The molecule has 0 saturated carbocycles. The summed E-state index contributed by atoms with van der Waals surface area (Å²) in [6.45, 7) is 0. The summed E-state index contributed by atoms with van der Waals surface area (Å²) in [6.07, 6.45) is 5.03. The fourth-order valence-corrected chi connectivity index (χ4v) is 2.50. The van der Waals surface area contributed by atoms with Crippen molar-refractivity contribution in [3.8, 4) is 0 Å². The van der Waals surface area contributed by atoms with Crippen LogP contribution in [0.25, 0.3) is 4.96 Å². The molecule has 4 N–H and O–H groups in total. The summed E-state index contributed by atoms with van der Waals surface area (Å²) < 4.78 is 1.85. The molecule has 0 spiro atoms. The molecule has 0 aliphatic rings. The van der Waals surface area contributed by atoms with Crippen LogP contribution in [0.5, 0.6) is 0 Å². The lowest BCUT2D eigenvalue weighted by Crippen LogP contribution is -2.19. The van der Waals surface area contributed by atoms with E-state index in [1.54, 1.807) is 6.20 Å². The lowest BCUT2D eigenvalue weighted by molar-refractivity contribution is -0.115. The molecule has 9 heteroatoms. The van der Waals surface area contributed by atoms with E-state index in [2.05, 4.69) is 20.5 Å². The SMILES string of the molecule is NC(=O)c1cn[nH]c1NC(=O)Cc1cn2ccsc2n1. The second-order valence-electron chi connectivity index (χ2n) is 4.07. The number of aromatic amines is 1. The molecule has 2 amide bonds.